The van der Waals surface area contributed by atoms with E-state index in [1.54, 1.807) is 0 Å². The van der Waals surface area contributed by atoms with Crippen LogP contribution in [-0.2, 0) is 0 Å². The summed E-state index contributed by atoms with van der Waals surface area (Å²) in [5.41, 5.74) is 1.46. The average molecular weight is 260 g/mol. The van der Waals surface area contributed by atoms with Gasteiger partial charge in [-0.05, 0) is 36.9 Å². The van der Waals surface area contributed by atoms with Crippen LogP contribution in [0.3, 0.4) is 0 Å². The Morgan fingerprint density at radius 1 is 1.21 bits per heavy atom. The fourth-order valence-corrected chi connectivity index (χ4v) is 2.92. The van der Waals surface area contributed by atoms with Gasteiger partial charge in [-0.1, -0.05) is 51.1 Å². The number of hydrogen-bond donors (Lipinski definition) is 1. The highest BCUT2D eigenvalue weighted by Crippen LogP contribution is 2.21. The molecule has 2 nitrogen and oxygen atoms in total. The van der Waals surface area contributed by atoms with E-state index in [4.69, 9.17) is 0 Å². The molecule has 0 saturated carbocycles. The van der Waals surface area contributed by atoms with Crippen molar-refractivity contribution >= 4 is 0 Å². The van der Waals surface area contributed by atoms with E-state index in [0.29, 0.717) is 12.0 Å². The van der Waals surface area contributed by atoms with Crippen LogP contribution in [0.5, 0.6) is 0 Å². The Labute approximate surface area is 118 Å². The first-order valence-electron chi connectivity index (χ1n) is 7.66. The van der Waals surface area contributed by atoms with E-state index in [9.17, 15) is 0 Å². The van der Waals surface area contributed by atoms with Crippen molar-refractivity contribution in [2.75, 3.05) is 26.2 Å². The van der Waals surface area contributed by atoms with Gasteiger partial charge in [-0.3, -0.25) is 0 Å². The molecule has 1 saturated heterocycles. The largest absolute Gasteiger partial charge is 0.314 e. The maximum absolute atomic E-state index is 3.57. The molecule has 2 rings (SSSR count). The number of likely N-dealkylation sites (tertiary alicyclic amines) is 1. The minimum atomic E-state index is 0.609. The Morgan fingerprint density at radius 2 is 1.95 bits per heavy atom. The molecule has 0 radical (unpaired) electrons. The van der Waals surface area contributed by atoms with Crippen molar-refractivity contribution in [3.8, 4) is 0 Å². The SMILES string of the molecule is CC(C)NCC1CCN(CC(C)c2ccccc2)C1. The molecule has 19 heavy (non-hydrogen) atoms. The first-order valence-corrected chi connectivity index (χ1v) is 7.66. The lowest BCUT2D eigenvalue weighted by Crippen LogP contribution is -2.31. The van der Waals surface area contributed by atoms with Gasteiger partial charge in [-0.2, -0.15) is 0 Å². The molecule has 1 heterocycles. The van der Waals surface area contributed by atoms with Gasteiger partial charge in [-0.25, -0.2) is 0 Å². The molecule has 1 aliphatic rings. The molecule has 1 aliphatic heterocycles. The molecule has 0 aliphatic carbocycles. The monoisotopic (exact) mass is 260 g/mol. The smallest absolute Gasteiger partial charge is 0.00477 e. The van der Waals surface area contributed by atoms with Crippen molar-refractivity contribution in [3.05, 3.63) is 35.9 Å². The molecule has 2 unspecified atom stereocenters. The standard InChI is InChI=1S/C17H28N2/c1-14(2)18-11-16-9-10-19(13-16)12-15(3)17-7-5-4-6-8-17/h4-8,14-16,18H,9-13H2,1-3H3. The number of nitrogens with one attached hydrogen (secondary N) is 1. The second-order valence-electron chi connectivity index (χ2n) is 6.29. The highest BCUT2D eigenvalue weighted by molar-refractivity contribution is 5.19. The zero-order chi connectivity index (χ0) is 13.7. The third-order valence-corrected chi connectivity index (χ3v) is 4.09. The summed E-state index contributed by atoms with van der Waals surface area (Å²) in [5.74, 6) is 1.48. The van der Waals surface area contributed by atoms with Gasteiger partial charge in [0.25, 0.3) is 0 Å². The zero-order valence-corrected chi connectivity index (χ0v) is 12.6. The van der Waals surface area contributed by atoms with E-state index in [-0.39, 0.29) is 0 Å². The van der Waals surface area contributed by atoms with E-state index in [0.717, 1.165) is 5.92 Å². The van der Waals surface area contributed by atoms with E-state index >= 15 is 0 Å². The third kappa shape index (κ3) is 4.63. The number of nitrogens with zero attached hydrogens (tertiary/aromatic N) is 1. The Morgan fingerprint density at radius 3 is 2.63 bits per heavy atom. The first kappa shape index (κ1) is 14.5. The fourth-order valence-electron chi connectivity index (χ4n) is 2.92. The van der Waals surface area contributed by atoms with Gasteiger partial charge in [0.15, 0.2) is 0 Å². The lowest BCUT2D eigenvalue weighted by atomic mass is 10.0. The highest BCUT2D eigenvalue weighted by atomic mass is 15.2. The maximum atomic E-state index is 3.57. The summed E-state index contributed by atoms with van der Waals surface area (Å²) in [5, 5.41) is 3.57. The second-order valence-corrected chi connectivity index (χ2v) is 6.29. The quantitative estimate of drug-likeness (QED) is 0.845. The molecule has 1 fully saturated rings. The van der Waals surface area contributed by atoms with E-state index in [1.165, 1.54) is 38.2 Å². The molecular weight excluding hydrogens is 232 g/mol. The summed E-state index contributed by atoms with van der Waals surface area (Å²) in [6.45, 7) is 11.7. The number of benzene rings is 1. The van der Waals surface area contributed by atoms with Crippen LogP contribution in [0.4, 0.5) is 0 Å². The highest BCUT2D eigenvalue weighted by Gasteiger charge is 2.23. The van der Waals surface area contributed by atoms with Crippen molar-refractivity contribution in [2.24, 2.45) is 5.92 Å². The Bertz CT molecular complexity index is 361. The minimum absolute atomic E-state index is 0.609. The Kier molecular flexibility index (Phi) is 5.41. The van der Waals surface area contributed by atoms with Gasteiger partial charge in [0.05, 0.1) is 0 Å². The lowest BCUT2D eigenvalue weighted by Gasteiger charge is -2.21. The topological polar surface area (TPSA) is 15.3 Å². The zero-order valence-electron chi connectivity index (χ0n) is 12.6. The molecule has 0 bridgehead atoms. The van der Waals surface area contributed by atoms with Crippen molar-refractivity contribution in [2.45, 2.75) is 39.2 Å². The Balaban J connectivity index is 1.76. The van der Waals surface area contributed by atoms with Crippen LogP contribution < -0.4 is 5.32 Å². The lowest BCUT2D eigenvalue weighted by molar-refractivity contribution is 0.304. The fraction of sp³-hybridized carbons (Fsp3) is 0.647. The molecule has 0 spiro atoms. The van der Waals surface area contributed by atoms with E-state index in [1.807, 2.05) is 0 Å². The van der Waals surface area contributed by atoms with E-state index in [2.05, 4.69) is 61.3 Å². The van der Waals surface area contributed by atoms with Gasteiger partial charge < -0.3 is 10.2 Å². The predicted molar refractivity (Wildman–Crippen MR) is 82.5 cm³/mol. The van der Waals surface area contributed by atoms with Crippen LogP contribution in [0.2, 0.25) is 0 Å². The van der Waals surface area contributed by atoms with Crippen molar-refractivity contribution < 1.29 is 0 Å². The first-order chi connectivity index (χ1) is 9.15. The van der Waals surface area contributed by atoms with Crippen LogP contribution in [-0.4, -0.2) is 37.1 Å². The molecule has 2 heteroatoms. The van der Waals surface area contributed by atoms with Crippen molar-refractivity contribution in [1.82, 2.24) is 10.2 Å². The summed E-state index contributed by atoms with van der Waals surface area (Å²) in [6, 6.07) is 11.5. The number of hydrogen-bond acceptors (Lipinski definition) is 2. The summed E-state index contributed by atoms with van der Waals surface area (Å²) in [4.78, 5) is 2.63. The van der Waals surface area contributed by atoms with E-state index < -0.39 is 0 Å². The second kappa shape index (κ2) is 7.06. The minimum Gasteiger partial charge on any atom is -0.314 e. The molecule has 1 N–H and O–H groups in total. The summed E-state index contributed by atoms with van der Waals surface area (Å²) in [6.07, 6.45) is 1.35. The normalized spacial score (nSPS) is 22.0. The van der Waals surface area contributed by atoms with Gasteiger partial charge in [0.2, 0.25) is 0 Å². The average Bonchev–Trinajstić information content (AvgIpc) is 2.85. The maximum Gasteiger partial charge on any atom is 0.00477 e. The summed E-state index contributed by atoms with van der Waals surface area (Å²) in [7, 11) is 0. The van der Waals surface area contributed by atoms with Crippen molar-refractivity contribution in [3.63, 3.8) is 0 Å². The number of rotatable bonds is 6. The summed E-state index contributed by atoms with van der Waals surface area (Å²) < 4.78 is 0. The third-order valence-electron chi connectivity index (χ3n) is 4.09. The van der Waals surface area contributed by atoms with Crippen LogP contribution >= 0.6 is 0 Å². The molecule has 1 aromatic rings. The molecule has 0 aromatic heterocycles. The molecular formula is C17H28N2. The molecule has 106 valence electrons. The van der Waals surface area contributed by atoms with Crippen molar-refractivity contribution in [1.29, 1.82) is 0 Å². The molecule has 0 amide bonds. The van der Waals surface area contributed by atoms with Gasteiger partial charge >= 0.3 is 0 Å². The van der Waals surface area contributed by atoms with Gasteiger partial charge in [-0.15, -0.1) is 0 Å². The van der Waals surface area contributed by atoms with Crippen LogP contribution in [0.25, 0.3) is 0 Å². The van der Waals surface area contributed by atoms with Crippen LogP contribution in [0.1, 0.15) is 38.7 Å². The van der Waals surface area contributed by atoms with Gasteiger partial charge in [0.1, 0.15) is 0 Å². The van der Waals surface area contributed by atoms with Crippen LogP contribution in [0, 0.1) is 5.92 Å². The summed E-state index contributed by atoms with van der Waals surface area (Å²) >= 11 is 0. The van der Waals surface area contributed by atoms with Crippen LogP contribution in [0.15, 0.2) is 30.3 Å². The molecule has 2 atom stereocenters. The Hall–Kier alpha value is -0.860. The van der Waals surface area contributed by atoms with Gasteiger partial charge in [0, 0.05) is 19.1 Å². The molecule has 1 aromatic carbocycles. The predicted octanol–water partition coefficient (Wildman–Crippen LogP) is 3.11.